The standard InChI is InChI=1S/C22H24N2O4/c1-27-18-9-6-16(7-10-18)8-11-22(26)28-15-21(25)23-13-12-17-14-24-20-5-3-2-4-19(17)20/h2-7,9-10,14,24H,8,11-13,15H2,1H3,(H,23,25). The summed E-state index contributed by atoms with van der Waals surface area (Å²) in [4.78, 5) is 26.9. The predicted octanol–water partition coefficient (Wildman–Crippen LogP) is 3.01. The van der Waals surface area contributed by atoms with Crippen molar-refractivity contribution in [3.05, 3.63) is 65.9 Å². The van der Waals surface area contributed by atoms with E-state index in [1.54, 1.807) is 7.11 Å². The van der Waals surface area contributed by atoms with Crippen LogP contribution in [0.1, 0.15) is 17.5 Å². The van der Waals surface area contributed by atoms with Crippen molar-refractivity contribution >= 4 is 22.8 Å². The Morgan fingerprint density at radius 1 is 1.04 bits per heavy atom. The number of benzene rings is 2. The molecule has 146 valence electrons. The van der Waals surface area contributed by atoms with Gasteiger partial charge in [0.25, 0.3) is 5.91 Å². The van der Waals surface area contributed by atoms with Crippen LogP contribution < -0.4 is 10.1 Å². The van der Waals surface area contributed by atoms with Crippen LogP contribution in [0, 0.1) is 0 Å². The number of fused-ring (bicyclic) bond motifs is 1. The fourth-order valence-corrected chi connectivity index (χ4v) is 2.98. The molecule has 0 fully saturated rings. The molecule has 6 nitrogen and oxygen atoms in total. The molecule has 1 amide bonds. The molecule has 0 aliphatic rings. The Balaban J connectivity index is 1.33. The van der Waals surface area contributed by atoms with Gasteiger partial charge in [-0.25, -0.2) is 0 Å². The molecule has 0 spiro atoms. The van der Waals surface area contributed by atoms with Crippen LogP contribution in [0.5, 0.6) is 5.75 Å². The van der Waals surface area contributed by atoms with Gasteiger partial charge >= 0.3 is 5.97 Å². The molecule has 0 aliphatic carbocycles. The minimum atomic E-state index is -0.386. The highest BCUT2D eigenvalue weighted by Gasteiger charge is 2.09. The highest BCUT2D eigenvalue weighted by atomic mass is 16.5. The summed E-state index contributed by atoms with van der Waals surface area (Å²) in [6.07, 6.45) is 3.46. The lowest BCUT2D eigenvalue weighted by atomic mass is 10.1. The van der Waals surface area contributed by atoms with Gasteiger partial charge in [-0.2, -0.15) is 0 Å². The van der Waals surface area contributed by atoms with E-state index in [-0.39, 0.29) is 24.9 Å². The maximum Gasteiger partial charge on any atom is 0.306 e. The van der Waals surface area contributed by atoms with Crippen molar-refractivity contribution in [2.45, 2.75) is 19.3 Å². The maximum atomic E-state index is 11.9. The Bertz CT molecular complexity index is 931. The molecule has 0 atom stereocenters. The third kappa shape index (κ3) is 5.36. The van der Waals surface area contributed by atoms with Crippen LogP contribution in [-0.4, -0.2) is 37.1 Å². The van der Waals surface area contributed by atoms with Crippen molar-refractivity contribution < 1.29 is 19.1 Å². The van der Waals surface area contributed by atoms with Gasteiger partial charge in [0.05, 0.1) is 7.11 Å². The molecule has 0 saturated carbocycles. The highest BCUT2D eigenvalue weighted by molar-refractivity contribution is 5.83. The second-order valence-electron chi connectivity index (χ2n) is 6.47. The number of rotatable bonds is 9. The minimum Gasteiger partial charge on any atom is -0.497 e. The summed E-state index contributed by atoms with van der Waals surface area (Å²) in [5, 5.41) is 3.94. The third-order valence-electron chi connectivity index (χ3n) is 4.53. The van der Waals surface area contributed by atoms with Gasteiger partial charge in [0, 0.05) is 30.1 Å². The van der Waals surface area contributed by atoms with Crippen LogP contribution in [0.3, 0.4) is 0 Å². The third-order valence-corrected chi connectivity index (χ3v) is 4.53. The van der Waals surface area contributed by atoms with Crippen molar-refractivity contribution in [2.24, 2.45) is 0 Å². The Kier molecular flexibility index (Phi) is 6.68. The second-order valence-corrected chi connectivity index (χ2v) is 6.47. The number of amides is 1. The normalized spacial score (nSPS) is 10.6. The monoisotopic (exact) mass is 380 g/mol. The van der Waals surface area contributed by atoms with Crippen LogP contribution >= 0.6 is 0 Å². The molecule has 1 heterocycles. The predicted molar refractivity (Wildman–Crippen MR) is 107 cm³/mol. The Labute approximate surface area is 163 Å². The number of carbonyl (C=O) groups excluding carboxylic acids is 2. The minimum absolute atomic E-state index is 0.231. The first-order chi connectivity index (χ1) is 13.7. The lowest BCUT2D eigenvalue weighted by Gasteiger charge is -2.07. The van der Waals surface area contributed by atoms with Crippen LogP contribution in [0.4, 0.5) is 0 Å². The number of aryl methyl sites for hydroxylation is 1. The molecular weight excluding hydrogens is 356 g/mol. The van der Waals surface area contributed by atoms with E-state index in [1.165, 1.54) is 0 Å². The molecule has 3 aromatic rings. The second kappa shape index (κ2) is 9.60. The van der Waals surface area contributed by atoms with Gasteiger partial charge in [-0.05, 0) is 42.2 Å². The Morgan fingerprint density at radius 2 is 1.82 bits per heavy atom. The molecule has 0 bridgehead atoms. The number of H-pyrrole nitrogens is 1. The van der Waals surface area contributed by atoms with Crippen molar-refractivity contribution in [3.8, 4) is 5.75 Å². The lowest BCUT2D eigenvalue weighted by Crippen LogP contribution is -2.30. The summed E-state index contributed by atoms with van der Waals surface area (Å²) in [6, 6.07) is 15.5. The van der Waals surface area contributed by atoms with Gasteiger partial charge in [-0.3, -0.25) is 9.59 Å². The van der Waals surface area contributed by atoms with E-state index in [4.69, 9.17) is 9.47 Å². The number of hydrogen-bond donors (Lipinski definition) is 2. The molecule has 3 rings (SSSR count). The topological polar surface area (TPSA) is 80.4 Å². The van der Waals surface area contributed by atoms with Crippen LogP contribution in [0.25, 0.3) is 10.9 Å². The molecule has 0 radical (unpaired) electrons. The van der Waals surface area contributed by atoms with Crippen LogP contribution in [-0.2, 0) is 27.2 Å². The first-order valence-corrected chi connectivity index (χ1v) is 9.26. The van der Waals surface area contributed by atoms with E-state index in [0.29, 0.717) is 19.4 Å². The number of hydrogen-bond acceptors (Lipinski definition) is 4. The zero-order valence-corrected chi connectivity index (χ0v) is 15.9. The quantitative estimate of drug-likeness (QED) is 0.559. The zero-order chi connectivity index (χ0) is 19.8. The van der Waals surface area contributed by atoms with Crippen molar-refractivity contribution in [1.82, 2.24) is 10.3 Å². The molecule has 6 heteroatoms. The number of nitrogens with one attached hydrogen (secondary N) is 2. The first kappa shape index (κ1) is 19.5. The molecule has 0 saturated heterocycles. The smallest absolute Gasteiger partial charge is 0.306 e. The number of ether oxygens (including phenoxy) is 2. The maximum absolute atomic E-state index is 11.9. The lowest BCUT2D eigenvalue weighted by molar-refractivity contribution is -0.148. The average Bonchev–Trinajstić information content (AvgIpc) is 3.14. The molecule has 28 heavy (non-hydrogen) atoms. The molecule has 0 unspecified atom stereocenters. The summed E-state index contributed by atoms with van der Waals surface area (Å²) >= 11 is 0. The molecule has 2 N–H and O–H groups in total. The van der Waals surface area contributed by atoms with E-state index in [0.717, 1.165) is 27.8 Å². The Morgan fingerprint density at radius 3 is 2.61 bits per heavy atom. The number of para-hydroxylation sites is 1. The number of aromatic nitrogens is 1. The van der Waals surface area contributed by atoms with Gasteiger partial charge in [0.15, 0.2) is 6.61 Å². The SMILES string of the molecule is COc1ccc(CCC(=O)OCC(=O)NCCc2c[nH]c3ccccc23)cc1. The van der Waals surface area contributed by atoms with Gasteiger partial charge < -0.3 is 19.8 Å². The number of carbonyl (C=O) groups is 2. The summed E-state index contributed by atoms with van der Waals surface area (Å²) in [7, 11) is 1.61. The van der Waals surface area contributed by atoms with Crippen LogP contribution in [0.15, 0.2) is 54.7 Å². The molecule has 1 aromatic heterocycles. The summed E-state index contributed by atoms with van der Waals surface area (Å²) in [6.45, 7) is 0.236. The number of aromatic amines is 1. The van der Waals surface area contributed by atoms with Gasteiger partial charge in [0.2, 0.25) is 0 Å². The summed E-state index contributed by atoms with van der Waals surface area (Å²) in [5.41, 5.74) is 3.24. The number of methoxy groups -OCH3 is 1. The highest BCUT2D eigenvalue weighted by Crippen LogP contribution is 2.17. The van der Waals surface area contributed by atoms with Crippen LogP contribution in [0.2, 0.25) is 0 Å². The van der Waals surface area contributed by atoms with Gasteiger partial charge in [0.1, 0.15) is 5.75 Å². The van der Waals surface area contributed by atoms with Gasteiger partial charge in [-0.1, -0.05) is 30.3 Å². The van der Waals surface area contributed by atoms with E-state index in [2.05, 4.69) is 10.3 Å². The van der Waals surface area contributed by atoms with Crippen molar-refractivity contribution in [3.63, 3.8) is 0 Å². The molecule has 0 aliphatic heterocycles. The van der Waals surface area contributed by atoms with E-state index in [1.807, 2.05) is 54.7 Å². The fraction of sp³-hybridized carbons (Fsp3) is 0.273. The van der Waals surface area contributed by atoms with Crippen molar-refractivity contribution in [2.75, 3.05) is 20.3 Å². The van der Waals surface area contributed by atoms with E-state index in [9.17, 15) is 9.59 Å². The summed E-state index contributed by atoms with van der Waals surface area (Å²) < 4.78 is 10.1. The summed E-state index contributed by atoms with van der Waals surface area (Å²) in [5.74, 6) is 0.0934. The largest absolute Gasteiger partial charge is 0.497 e. The van der Waals surface area contributed by atoms with E-state index < -0.39 is 0 Å². The van der Waals surface area contributed by atoms with Crippen molar-refractivity contribution in [1.29, 1.82) is 0 Å². The Hall–Kier alpha value is -3.28. The molecular formula is C22H24N2O4. The number of esters is 1. The first-order valence-electron chi connectivity index (χ1n) is 9.26. The van der Waals surface area contributed by atoms with E-state index >= 15 is 0 Å². The zero-order valence-electron chi connectivity index (χ0n) is 15.9. The fourth-order valence-electron chi connectivity index (χ4n) is 2.98. The average molecular weight is 380 g/mol. The van der Waals surface area contributed by atoms with Gasteiger partial charge in [-0.15, -0.1) is 0 Å². The molecule has 2 aromatic carbocycles.